The van der Waals surface area contributed by atoms with Gasteiger partial charge in [-0.2, -0.15) is 0 Å². The lowest BCUT2D eigenvalue weighted by atomic mass is 9.97. The number of benzene rings is 1. The van der Waals surface area contributed by atoms with Crippen LogP contribution in [0.5, 0.6) is 0 Å². The van der Waals surface area contributed by atoms with Gasteiger partial charge in [0.2, 0.25) is 0 Å². The van der Waals surface area contributed by atoms with E-state index >= 15 is 0 Å². The summed E-state index contributed by atoms with van der Waals surface area (Å²) in [4.78, 5) is 14.6. The average Bonchev–Trinajstić information content (AvgIpc) is 3.34. The fourth-order valence-electron chi connectivity index (χ4n) is 4.11. The second kappa shape index (κ2) is 8.05. The van der Waals surface area contributed by atoms with Gasteiger partial charge in [0.25, 0.3) is 5.91 Å². The number of carbonyl (C=O) groups excluding carboxylic acids is 1. The maximum atomic E-state index is 12.7. The molecule has 0 spiro atoms. The molecule has 2 aliphatic rings. The third kappa shape index (κ3) is 3.94. The van der Waals surface area contributed by atoms with Crippen molar-refractivity contribution >= 4 is 28.8 Å². The normalized spacial score (nSPS) is 19.2. The van der Waals surface area contributed by atoms with E-state index < -0.39 is 0 Å². The van der Waals surface area contributed by atoms with Crippen molar-refractivity contribution in [1.82, 2.24) is 15.1 Å². The lowest BCUT2D eigenvalue weighted by Crippen LogP contribution is -2.38. The molecule has 0 unspecified atom stereocenters. The van der Waals surface area contributed by atoms with Crippen molar-refractivity contribution in [3.05, 3.63) is 44.9 Å². The molecular formula is C20H24ClN3OS. The summed E-state index contributed by atoms with van der Waals surface area (Å²) in [6, 6.07) is 7.29. The molecule has 4 rings (SSSR count). The van der Waals surface area contributed by atoms with E-state index in [0.717, 1.165) is 43.3 Å². The zero-order valence-electron chi connectivity index (χ0n) is 14.9. The largest absolute Gasteiger partial charge is 0.339 e. The molecule has 26 heavy (non-hydrogen) atoms. The van der Waals surface area contributed by atoms with Gasteiger partial charge >= 0.3 is 0 Å². The number of aromatic nitrogens is 2. The molecule has 1 aromatic carbocycles. The number of amides is 1. The van der Waals surface area contributed by atoms with Crippen molar-refractivity contribution in [2.24, 2.45) is 5.92 Å². The van der Waals surface area contributed by atoms with Crippen LogP contribution in [-0.2, 0) is 6.42 Å². The first-order chi connectivity index (χ1) is 12.7. The Bertz CT molecular complexity index is 764. The molecule has 0 bridgehead atoms. The molecule has 0 radical (unpaired) electrons. The van der Waals surface area contributed by atoms with Crippen molar-refractivity contribution < 1.29 is 4.79 Å². The first-order valence-corrected chi connectivity index (χ1v) is 10.8. The maximum Gasteiger partial charge on any atom is 0.255 e. The highest BCUT2D eigenvalue weighted by atomic mass is 35.5. The van der Waals surface area contributed by atoms with Crippen LogP contribution in [0.25, 0.3) is 0 Å². The Labute approximate surface area is 163 Å². The first kappa shape index (κ1) is 17.9. The molecule has 1 aliphatic heterocycles. The van der Waals surface area contributed by atoms with Crippen LogP contribution in [0.3, 0.4) is 0 Å². The molecule has 0 N–H and O–H groups in total. The van der Waals surface area contributed by atoms with Gasteiger partial charge in [-0.05, 0) is 30.9 Å². The van der Waals surface area contributed by atoms with Crippen molar-refractivity contribution in [2.75, 3.05) is 13.1 Å². The fourth-order valence-corrected chi connectivity index (χ4v) is 5.45. The van der Waals surface area contributed by atoms with Crippen LogP contribution in [0.1, 0.15) is 64.8 Å². The zero-order chi connectivity index (χ0) is 17.9. The first-order valence-electron chi connectivity index (χ1n) is 9.57. The van der Waals surface area contributed by atoms with Crippen molar-refractivity contribution in [2.45, 2.75) is 50.9 Å². The summed E-state index contributed by atoms with van der Waals surface area (Å²) < 4.78 is 0. The van der Waals surface area contributed by atoms with E-state index in [2.05, 4.69) is 10.2 Å². The smallest absolute Gasteiger partial charge is 0.255 e. The molecule has 1 aliphatic carbocycles. The summed E-state index contributed by atoms with van der Waals surface area (Å²) in [7, 11) is 0. The Morgan fingerprint density at radius 2 is 1.85 bits per heavy atom. The monoisotopic (exact) mass is 389 g/mol. The maximum absolute atomic E-state index is 12.7. The highest BCUT2D eigenvalue weighted by Crippen LogP contribution is 2.33. The van der Waals surface area contributed by atoms with E-state index in [1.165, 1.54) is 30.7 Å². The minimum atomic E-state index is 0.0354. The lowest BCUT2D eigenvalue weighted by Gasteiger charge is -2.31. The number of carbonyl (C=O) groups is 1. The molecule has 0 atom stereocenters. The van der Waals surface area contributed by atoms with Gasteiger partial charge in [-0.15, -0.1) is 21.5 Å². The number of likely N-dealkylation sites (tertiary alicyclic amines) is 1. The second-order valence-electron chi connectivity index (χ2n) is 7.43. The topological polar surface area (TPSA) is 46.1 Å². The Balaban J connectivity index is 1.34. The molecule has 4 nitrogen and oxygen atoms in total. The summed E-state index contributed by atoms with van der Waals surface area (Å²) in [6.45, 7) is 1.51. The van der Waals surface area contributed by atoms with Crippen LogP contribution >= 0.6 is 22.9 Å². The summed E-state index contributed by atoms with van der Waals surface area (Å²) >= 11 is 7.96. The second-order valence-corrected chi connectivity index (χ2v) is 8.94. The van der Waals surface area contributed by atoms with Gasteiger partial charge in [0, 0.05) is 25.4 Å². The molecular weight excluding hydrogens is 366 g/mol. The number of hydrogen-bond donors (Lipinski definition) is 0. The summed E-state index contributed by atoms with van der Waals surface area (Å²) in [5.41, 5.74) is 0.599. The molecule has 2 heterocycles. The van der Waals surface area contributed by atoms with Crippen LogP contribution in [-0.4, -0.2) is 34.1 Å². The molecule has 1 saturated carbocycles. The van der Waals surface area contributed by atoms with Crippen LogP contribution in [0, 0.1) is 5.92 Å². The van der Waals surface area contributed by atoms with Crippen molar-refractivity contribution in [3.8, 4) is 0 Å². The zero-order valence-corrected chi connectivity index (χ0v) is 16.4. The molecule has 138 valence electrons. The van der Waals surface area contributed by atoms with Gasteiger partial charge in [0.05, 0.1) is 10.6 Å². The Hall–Kier alpha value is -1.46. The Kier molecular flexibility index (Phi) is 5.55. The van der Waals surface area contributed by atoms with Gasteiger partial charge in [-0.1, -0.05) is 49.4 Å². The van der Waals surface area contributed by atoms with E-state index in [9.17, 15) is 4.79 Å². The van der Waals surface area contributed by atoms with Gasteiger partial charge in [0.15, 0.2) is 0 Å². The molecule has 2 aromatic rings. The third-order valence-electron chi connectivity index (χ3n) is 5.66. The number of rotatable bonds is 4. The van der Waals surface area contributed by atoms with E-state index in [1.807, 2.05) is 17.0 Å². The Morgan fingerprint density at radius 1 is 1.12 bits per heavy atom. The minimum Gasteiger partial charge on any atom is -0.339 e. The van der Waals surface area contributed by atoms with E-state index in [1.54, 1.807) is 23.5 Å². The van der Waals surface area contributed by atoms with Crippen LogP contribution in [0.15, 0.2) is 24.3 Å². The quantitative estimate of drug-likeness (QED) is 0.743. The molecule has 2 fully saturated rings. The molecule has 1 amide bonds. The predicted octanol–water partition coefficient (Wildman–Crippen LogP) is 4.94. The summed E-state index contributed by atoms with van der Waals surface area (Å²) in [5, 5.41) is 11.8. The van der Waals surface area contributed by atoms with Gasteiger partial charge < -0.3 is 4.90 Å². The number of piperidine rings is 1. The standard InChI is InChI=1S/C20H24ClN3OS/c21-17-8-4-3-7-16(17)20(25)24-11-9-15(10-12-24)19-23-22-18(26-19)13-14-5-1-2-6-14/h3-4,7-8,14-15H,1-2,5-6,9-13H2. The fraction of sp³-hybridized carbons (Fsp3) is 0.550. The molecule has 1 saturated heterocycles. The van der Waals surface area contributed by atoms with E-state index in [-0.39, 0.29) is 5.91 Å². The van der Waals surface area contributed by atoms with Crippen LogP contribution in [0.4, 0.5) is 0 Å². The van der Waals surface area contributed by atoms with Gasteiger partial charge in [-0.25, -0.2) is 0 Å². The van der Waals surface area contributed by atoms with E-state index in [4.69, 9.17) is 11.6 Å². The predicted molar refractivity (Wildman–Crippen MR) is 105 cm³/mol. The molecule has 6 heteroatoms. The number of halogens is 1. The van der Waals surface area contributed by atoms with Crippen LogP contribution in [0.2, 0.25) is 5.02 Å². The number of hydrogen-bond acceptors (Lipinski definition) is 4. The lowest BCUT2D eigenvalue weighted by molar-refractivity contribution is 0.0713. The number of nitrogens with zero attached hydrogens (tertiary/aromatic N) is 3. The SMILES string of the molecule is O=C(c1ccccc1Cl)N1CCC(c2nnc(CC3CCCC3)s2)CC1. The minimum absolute atomic E-state index is 0.0354. The highest BCUT2D eigenvalue weighted by molar-refractivity contribution is 7.11. The van der Waals surface area contributed by atoms with Gasteiger partial charge in [-0.3, -0.25) is 4.79 Å². The van der Waals surface area contributed by atoms with Crippen LogP contribution < -0.4 is 0 Å². The van der Waals surface area contributed by atoms with E-state index in [0.29, 0.717) is 16.5 Å². The summed E-state index contributed by atoms with van der Waals surface area (Å²) in [5.74, 6) is 1.28. The average molecular weight is 390 g/mol. The van der Waals surface area contributed by atoms with Crippen molar-refractivity contribution in [1.29, 1.82) is 0 Å². The van der Waals surface area contributed by atoms with Gasteiger partial charge in [0.1, 0.15) is 10.0 Å². The summed E-state index contributed by atoms with van der Waals surface area (Å²) in [6.07, 6.45) is 8.43. The molecule has 1 aromatic heterocycles. The highest BCUT2D eigenvalue weighted by Gasteiger charge is 2.28. The Morgan fingerprint density at radius 3 is 2.58 bits per heavy atom. The van der Waals surface area contributed by atoms with Crippen molar-refractivity contribution in [3.63, 3.8) is 0 Å². The third-order valence-corrected chi connectivity index (χ3v) is 7.09.